The van der Waals surface area contributed by atoms with E-state index in [4.69, 9.17) is 0 Å². The molecule has 1 aliphatic rings. The van der Waals surface area contributed by atoms with Crippen molar-refractivity contribution in [2.75, 3.05) is 0 Å². The third kappa shape index (κ3) is 4.12. The van der Waals surface area contributed by atoms with Gasteiger partial charge in [-0.3, -0.25) is 9.59 Å². The van der Waals surface area contributed by atoms with Gasteiger partial charge in [0.1, 0.15) is 5.82 Å². The minimum atomic E-state index is -0.794. The summed E-state index contributed by atoms with van der Waals surface area (Å²) in [5, 5.41) is 2.87. The summed E-state index contributed by atoms with van der Waals surface area (Å²) in [5.74, 6) is -0.970. The molecule has 0 aromatic heterocycles. The molecule has 0 bridgehead atoms. The van der Waals surface area contributed by atoms with Gasteiger partial charge in [-0.1, -0.05) is 48.0 Å². The van der Waals surface area contributed by atoms with E-state index < -0.39 is 12.1 Å². The molecule has 0 saturated carbocycles. The molecule has 3 aromatic carbocycles. The number of nitrogens with zero attached hydrogens (tertiary/aromatic N) is 1. The highest BCUT2D eigenvalue weighted by atomic mass is 19.1. The van der Waals surface area contributed by atoms with Crippen LogP contribution in [0.5, 0.6) is 0 Å². The van der Waals surface area contributed by atoms with Gasteiger partial charge in [0.2, 0.25) is 12.3 Å². The van der Waals surface area contributed by atoms with E-state index in [1.165, 1.54) is 12.1 Å². The number of hydrazine groups is 1. The minimum Gasteiger partial charge on any atom is -0.334 e. The Morgan fingerprint density at radius 3 is 2.33 bits per heavy atom. The second-order valence-corrected chi connectivity index (χ2v) is 7.24. The lowest BCUT2D eigenvalue weighted by Crippen LogP contribution is -2.42. The zero-order valence-corrected chi connectivity index (χ0v) is 16.4. The van der Waals surface area contributed by atoms with Crippen LogP contribution < -0.4 is 10.7 Å². The van der Waals surface area contributed by atoms with Crippen LogP contribution in [0.15, 0.2) is 78.9 Å². The first-order chi connectivity index (χ1) is 14.5. The lowest BCUT2D eigenvalue weighted by atomic mass is 9.99. The number of halogens is 1. The molecule has 6 heteroatoms. The number of aryl methyl sites for hydroxylation is 1. The quantitative estimate of drug-likeness (QED) is 0.659. The first kappa shape index (κ1) is 19.5. The van der Waals surface area contributed by atoms with Crippen molar-refractivity contribution in [3.63, 3.8) is 0 Å². The lowest BCUT2D eigenvalue weighted by molar-refractivity contribution is -0.596. The van der Waals surface area contributed by atoms with Crippen LogP contribution in [-0.2, 0) is 4.79 Å². The number of hydrogen-bond acceptors (Lipinski definition) is 2. The Balaban J connectivity index is 1.68. The van der Waals surface area contributed by atoms with Gasteiger partial charge in [0.15, 0.2) is 6.04 Å². The summed E-state index contributed by atoms with van der Waals surface area (Å²) in [6.07, 6.45) is 1.73. The monoisotopic (exact) mass is 402 g/mol. The third-order valence-corrected chi connectivity index (χ3v) is 5.04. The van der Waals surface area contributed by atoms with Crippen molar-refractivity contribution in [3.05, 3.63) is 107 Å². The third-order valence-electron chi connectivity index (χ3n) is 5.04. The number of rotatable bonds is 4. The SMILES string of the molecule is Cc1ccc(C(=O)N[C@H]2C(=O)N/[N+](=C\c3ccc(F)cc3)[C@H]2c2ccccc2)cc1. The van der Waals surface area contributed by atoms with Gasteiger partial charge in [0.05, 0.1) is 0 Å². The van der Waals surface area contributed by atoms with Crippen LogP contribution in [0.2, 0.25) is 0 Å². The number of hydrogen-bond donors (Lipinski definition) is 2. The predicted molar refractivity (Wildman–Crippen MR) is 112 cm³/mol. The van der Waals surface area contributed by atoms with Gasteiger partial charge >= 0.3 is 5.91 Å². The van der Waals surface area contributed by atoms with E-state index in [9.17, 15) is 14.0 Å². The Morgan fingerprint density at radius 1 is 1.00 bits per heavy atom. The second kappa shape index (κ2) is 8.29. The van der Waals surface area contributed by atoms with Crippen LogP contribution in [0.4, 0.5) is 4.39 Å². The molecule has 1 aliphatic heterocycles. The van der Waals surface area contributed by atoms with Crippen LogP contribution in [0.1, 0.15) is 33.1 Å². The highest BCUT2D eigenvalue weighted by molar-refractivity contribution is 5.98. The van der Waals surface area contributed by atoms with E-state index in [0.29, 0.717) is 5.56 Å². The van der Waals surface area contributed by atoms with Gasteiger partial charge in [-0.15, -0.1) is 10.1 Å². The van der Waals surface area contributed by atoms with Crippen molar-refractivity contribution in [1.82, 2.24) is 10.7 Å². The molecule has 2 amide bonds. The Bertz CT molecular complexity index is 1090. The Hall–Kier alpha value is -3.80. The summed E-state index contributed by atoms with van der Waals surface area (Å²) in [6.45, 7) is 1.95. The van der Waals surface area contributed by atoms with Gasteiger partial charge in [-0.2, -0.15) is 0 Å². The molecule has 1 saturated heterocycles. The molecule has 2 atom stereocenters. The zero-order chi connectivity index (χ0) is 21.1. The summed E-state index contributed by atoms with van der Waals surface area (Å²) in [6, 6.07) is 21.4. The minimum absolute atomic E-state index is 0.317. The highest BCUT2D eigenvalue weighted by Crippen LogP contribution is 2.25. The Labute approximate surface area is 173 Å². The van der Waals surface area contributed by atoms with Gasteiger partial charge in [0, 0.05) is 16.7 Å². The molecule has 1 fully saturated rings. The van der Waals surface area contributed by atoms with Crippen LogP contribution in [0, 0.1) is 12.7 Å². The maximum atomic E-state index is 13.3. The standard InChI is InChI=1S/C24H20FN3O2/c1-16-7-11-19(12-8-16)23(29)26-21-22(18-5-3-2-4-6-18)28(27-24(21)30)15-17-9-13-20(25)14-10-17/h2-15,21-22H,1H3,(H-,26,27,29,30)/p+1/b28-15-/t21-,22+/m1/s1. The largest absolute Gasteiger partial charge is 0.334 e. The Morgan fingerprint density at radius 2 is 1.67 bits per heavy atom. The summed E-state index contributed by atoms with van der Waals surface area (Å²) in [7, 11) is 0. The average Bonchev–Trinajstić information content (AvgIpc) is 3.05. The fourth-order valence-corrected chi connectivity index (χ4v) is 3.47. The molecule has 30 heavy (non-hydrogen) atoms. The van der Waals surface area contributed by atoms with Crippen LogP contribution in [0.3, 0.4) is 0 Å². The van der Waals surface area contributed by atoms with E-state index in [0.717, 1.165) is 16.7 Å². The van der Waals surface area contributed by atoms with Gasteiger partial charge in [-0.25, -0.2) is 4.39 Å². The molecule has 150 valence electrons. The van der Waals surface area contributed by atoms with Crippen LogP contribution in [-0.4, -0.2) is 28.8 Å². The molecule has 1 heterocycles. The van der Waals surface area contributed by atoms with Crippen molar-refractivity contribution >= 4 is 18.0 Å². The molecule has 5 nitrogen and oxygen atoms in total. The second-order valence-electron chi connectivity index (χ2n) is 7.24. The van der Waals surface area contributed by atoms with Crippen molar-refractivity contribution in [2.24, 2.45) is 0 Å². The van der Waals surface area contributed by atoms with E-state index in [1.54, 1.807) is 35.2 Å². The van der Waals surface area contributed by atoms with E-state index in [1.807, 2.05) is 49.4 Å². The highest BCUT2D eigenvalue weighted by Gasteiger charge is 2.47. The topological polar surface area (TPSA) is 61.2 Å². The van der Waals surface area contributed by atoms with E-state index >= 15 is 0 Å². The van der Waals surface area contributed by atoms with Crippen LogP contribution in [0.25, 0.3) is 0 Å². The normalized spacial score (nSPS) is 19.5. The van der Waals surface area contributed by atoms with E-state index in [2.05, 4.69) is 10.7 Å². The maximum absolute atomic E-state index is 13.3. The van der Waals surface area contributed by atoms with Gasteiger partial charge in [0.25, 0.3) is 5.91 Å². The zero-order valence-electron chi connectivity index (χ0n) is 16.4. The number of nitrogens with one attached hydrogen (secondary N) is 2. The number of benzene rings is 3. The predicted octanol–water partition coefficient (Wildman–Crippen LogP) is 3.15. The number of carbonyl (C=O) groups excluding carboxylic acids is 2. The molecule has 0 radical (unpaired) electrons. The lowest BCUT2D eigenvalue weighted by Gasteiger charge is -2.14. The maximum Gasteiger partial charge on any atom is 0.304 e. The summed E-state index contributed by atoms with van der Waals surface area (Å²) in [4.78, 5) is 25.6. The average molecular weight is 402 g/mol. The van der Waals surface area contributed by atoms with Crippen molar-refractivity contribution in [2.45, 2.75) is 19.0 Å². The molecule has 0 spiro atoms. The number of amides is 2. The molecular weight excluding hydrogens is 381 g/mol. The fraction of sp³-hybridized carbons (Fsp3) is 0.125. The molecule has 0 aliphatic carbocycles. The molecule has 2 N–H and O–H groups in total. The molecule has 3 aromatic rings. The van der Waals surface area contributed by atoms with Gasteiger partial charge < -0.3 is 5.32 Å². The molecule has 0 unspecified atom stereocenters. The molecule has 4 rings (SSSR count). The van der Waals surface area contributed by atoms with Gasteiger partial charge in [-0.05, 0) is 43.3 Å². The smallest absolute Gasteiger partial charge is 0.304 e. The van der Waals surface area contributed by atoms with E-state index in [-0.39, 0.29) is 17.6 Å². The van der Waals surface area contributed by atoms with Crippen molar-refractivity contribution in [1.29, 1.82) is 0 Å². The van der Waals surface area contributed by atoms with Crippen molar-refractivity contribution in [3.8, 4) is 0 Å². The first-order valence-electron chi connectivity index (χ1n) is 9.63. The molecular formula is C24H21FN3O2+. The van der Waals surface area contributed by atoms with Crippen molar-refractivity contribution < 1.29 is 18.7 Å². The summed E-state index contributed by atoms with van der Waals surface area (Å²) >= 11 is 0. The fourth-order valence-electron chi connectivity index (χ4n) is 3.47. The number of carbonyl (C=O) groups is 2. The summed E-state index contributed by atoms with van der Waals surface area (Å²) in [5.41, 5.74) is 5.94. The summed E-state index contributed by atoms with van der Waals surface area (Å²) < 4.78 is 14.9. The van der Waals surface area contributed by atoms with Crippen LogP contribution >= 0.6 is 0 Å². The first-order valence-corrected chi connectivity index (χ1v) is 9.63. The Kier molecular flexibility index (Phi) is 5.39. The number of hydrazone groups is 1.